The fourth-order valence-electron chi connectivity index (χ4n) is 2.75. The van der Waals surface area contributed by atoms with Crippen LogP contribution < -0.4 is 15.4 Å². The third-order valence-electron chi connectivity index (χ3n) is 3.92. The van der Waals surface area contributed by atoms with Crippen molar-refractivity contribution in [2.24, 2.45) is 0 Å². The molecule has 0 spiro atoms. The summed E-state index contributed by atoms with van der Waals surface area (Å²) in [6.07, 6.45) is -3.12. The number of rotatable bonds is 3. The lowest BCUT2D eigenvalue weighted by molar-refractivity contribution is -0.138. The van der Waals surface area contributed by atoms with Crippen molar-refractivity contribution in [1.29, 1.82) is 0 Å². The van der Waals surface area contributed by atoms with Gasteiger partial charge in [-0.05, 0) is 36.8 Å². The molecular formula is C18H15F3N2O2. The minimum absolute atomic E-state index is 0.204. The molecule has 130 valence electrons. The molecule has 0 saturated carbocycles. The molecule has 25 heavy (non-hydrogen) atoms. The van der Waals surface area contributed by atoms with E-state index in [0.717, 1.165) is 17.2 Å². The highest BCUT2D eigenvalue weighted by Crippen LogP contribution is 2.38. The van der Waals surface area contributed by atoms with Gasteiger partial charge in [-0.1, -0.05) is 12.1 Å². The number of methoxy groups -OCH3 is 1. The van der Waals surface area contributed by atoms with Gasteiger partial charge in [-0.3, -0.25) is 4.79 Å². The van der Waals surface area contributed by atoms with Gasteiger partial charge in [0.2, 0.25) is 0 Å². The summed E-state index contributed by atoms with van der Waals surface area (Å²) in [6.45, 7) is 1.86. The molecule has 0 aromatic heterocycles. The van der Waals surface area contributed by atoms with Crippen LogP contribution in [0.5, 0.6) is 5.75 Å². The Kier molecular flexibility index (Phi) is 4.16. The third kappa shape index (κ3) is 3.17. The molecule has 0 bridgehead atoms. The fourth-order valence-corrected chi connectivity index (χ4v) is 2.75. The zero-order chi connectivity index (χ0) is 18.2. The first-order chi connectivity index (χ1) is 11.8. The van der Waals surface area contributed by atoms with Gasteiger partial charge in [-0.15, -0.1) is 0 Å². The summed E-state index contributed by atoms with van der Waals surface area (Å²) < 4.78 is 44.0. The lowest BCUT2D eigenvalue weighted by Gasteiger charge is -2.13. The van der Waals surface area contributed by atoms with E-state index in [1.54, 1.807) is 6.07 Å². The van der Waals surface area contributed by atoms with Gasteiger partial charge >= 0.3 is 6.18 Å². The topological polar surface area (TPSA) is 50.4 Å². The van der Waals surface area contributed by atoms with Crippen molar-refractivity contribution in [3.8, 4) is 5.75 Å². The molecule has 2 N–H and O–H groups in total. The first kappa shape index (κ1) is 16.9. The van der Waals surface area contributed by atoms with E-state index >= 15 is 0 Å². The van der Waals surface area contributed by atoms with Gasteiger partial charge in [0.25, 0.3) is 5.91 Å². The fraction of sp³-hybridized carbons (Fsp3) is 0.167. The summed E-state index contributed by atoms with van der Waals surface area (Å²) in [5.74, 6) is -0.563. The summed E-state index contributed by atoms with van der Waals surface area (Å²) in [7, 11) is 1.18. The van der Waals surface area contributed by atoms with Crippen LogP contribution in [-0.2, 0) is 11.0 Å². The van der Waals surface area contributed by atoms with E-state index in [9.17, 15) is 18.0 Å². The van der Waals surface area contributed by atoms with Crippen LogP contribution in [0.1, 0.15) is 16.7 Å². The molecular weight excluding hydrogens is 333 g/mol. The maximum absolute atomic E-state index is 13.1. The van der Waals surface area contributed by atoms with Crippen LogP contribution in [0, 0.1) is 6.92 Å². The van der Waals surface area contributed by atoms with Crippen LogP contribution in [0.15, 0.2) is 42.6 Å². The van der Waals surface area contributed by atoms with Crippen molar-refractivity contribution in [3.63, 3.8) is 0 Å². The minimum Gasteiger partial charge on any atom is -0.496 e. The normalized spacial score (nSPS) is 15.1. The number of nitrogens with one attached hydrogen (secondary N) is 2. The summed E-state index contributed by atoms with van der Waals surface area (Å²) in [6, 6.07) is 9.10. The molecule has 1 aliphatic rings. The van der Waals surface area contributed by atoms with Crippen LogP contribution in [0.2, 0.25) is 0 Å². The number of alkyl halides is 3. The van der Waals surface area contributed by atoms with E-state index in [2.05, 4.69) is 10.6 Å². The third-order valence-corrected chi connectivity index (χ3v) is 3.92. The number of fused-ring (bicyclic) bond motifs is 1. The average Bonchev–Trinajstić information content (AvgIpc) is 2.88. The smallest absolute Gasteiger partial charge is 0.420 e. The monoisotopic (exact) mass is 348 g/mol. The lowest BCUT2D eigenvalue weighted by atomic mass is 10.0. The zero-order valence-corrected chi connectivity index (χ0v) is 13.5. The first-order valence-electron chi connectivity index (χ1n) is 7.44. The second kappa shape index (κ2) is 6.16. The SMILES string of the molecule is COc1ccc(NC=C2C(=O)Nc3cccc(C)c32)cc1C(F)(F)F. The summed E-state index contributed by atoms with van der Waals surface area (Å²) in [5.41, 5.74) is 2.02. The van der Waals surface area contributed by atoms with Crippen LogP contribution in [0.25, 0.3) is 5.57 Å². The van der Waals surface area contributed by atoms with Gasteiger partial charge in [-0.25, -0.2) is 0 Å². The molecule has 1 heterocycles. The molecule has 7 heteroatoms. The predicted molar refractivity (Wildman–Crippen MR) is 89.4 cm³/mol. The van der Waals surface area contributed by atoms with Crippen LogP contribution in [-0.4, -0.2) is 13.0 Å². The Morgan fingerprint density at radius 2 is 1.96 bits per heavy atom. The number of hydrogen-bond donors (Lipinski definition) is 2. The molecule has 0 saturated heterocycles. The van der Waals surface area contributed by atoms with Crippen molar-refractivity contribution in [3.05, 3.63) is 59.3 Å². The highest BCUT2D eigenvalue weighted by Gasteiger charge is 2.34. The van der Waals surface area contributed by atoms with E-state index in [4.69, 9.17) is 4.74 Å². The highest BCUT2D eigenvalue weighted by molar-refractivity contribution is 6.32. The molecule has 1 aliphatic heterocycles. The van der Waals surface area contributed by atoms with Crippen molar-refractivity contribution in [2.45, 2.75) is 13.1 Å². The van der Waals surface area contributed by atoms with Gasteiger partial charge in [0.05, 0.1) is 18.2 Å². The molecule has 0 atom stereocenters. The molecule has 2 aromatic rings. The van der Waals surface area contributed by atoms with Gasteiger partial charge in [0, 0.05) is 23.1 Å². The highest BCUT2D eigenvalue weighted by atomic mass is 19.4. The van der Waals surface area contributed by atoms with E-state index in [1.807, 2.05) is 19.1 Å². The summed E-state index contributed by atoms with van der Waals surface area (Å²) >= 11 is 0. The van der Waals surface area contributed by atoms with E-state index < -0.39 is 11.7 Å². The van der Waals surface area contributed by atoms with Crippen LogP contribution in [0.4, 0.5) is 24.5 Å². The standard InChI is InChI=1S/C18H15F3N2O2/c1-10-4-3-5-14-16(10)12(17(24)23-14)9-22-11-6-7-15(25-2)13(8-11)18(19,20)21/h3-9,22H,1-2H3,(H,23,24). The van der Waals surface area contributed by atoms with E-state index in [-0.39, 0.29) is 17.3 Å². The summed E-state index contributed by atoms with van der Waals surface area (Å²) in [5, 5.41) is 5.50. The number of amides is 1. The number of ether oxygens (including phenoxy) is 1. The second-order valence-corrected chi connectivity index (χ2v) is 5.57. The molecule has 0 aliphatic carbocycles. The summed E-state index contributed by atoms with van der Waals surface area (Å²) in [4.78, 5) is 12.1. The van der Waals surface area contributed by atoms with Crippen molar-refractivity contribution in [2.75, 3.05) is 17.7 Å². The largest absolute Gasteiger partial charge is 0.496 e. The van der Waals surface area contributed by atoms with Gasteiger partial charge in [0.15, 0.2) is 0 Å². The van der Waals surface area contributed by atoms with Crippen molar-refractivity contribution >= 4 is 22.9 Å². The lowest BCUT2D eigenvalue weighted by Crippen LogP contribution is -2.08. The molecule has 0 fully saturated rings. The maximum Gasteiger partial charge on any atom is 0.420 e. The average molecular weight is 348 g/mol. The molecule has 2 aromatic carbocycles. The van der Waals surface area contributed by atoms with Crippen molar-refractivity contribution in [1.82, 2.24) is 0 Å². The number of hydrogen-bond acceptors (Lipinski definition) is 3. The Morgan fingerprint density at radius 3 is 2.64 bits per heavy atom. The van der Waals surface area contributed by atoms with Gasteiger partial charge in [-0.2, -0.15) is 13.2 Å². The second-order valence-electron chi connectivity index (χ2n) is 5.57. The zero-order valence-electron chi connectivity index (χ0n) is 13.5. The predicted octanol–water partition coefficient (Wildman–Crippen LogP) is 4.43. The van der Waals surface area contributed by atoms with Crippen LogP contribution in [0.3, 0.4) is 0 Å². The van der Waals surface area contributed by atoms with E-state index in [0.29, 0.717) is 11.3 Å². The van der Waals surface area contributed by atoms with Crippen LogP contribution >= 0.6 is 0 Å². The first-order valence-corrected chi connectivity index (χ1v) is 7.44. The number of halogens is 3. The Labute approximate surface area is 142 Å². The number of benzene rings is 2. The Morgan fingerprint density at radius 1 is 1.20 bits per heavy atom. The molecule has 3 rings (SSSR count). The number of anilines is 2. The molecule has 1 amide bonds. The minimum atomic E-state index is -4.54. The number of carbonyl (C=O) groups is 1. The quantitative estimate of drug-likeness (QED) is 0.807. The molecule has 4 nitrogen and oxygen atoms in total. The van der Waals surface area contributed by atoms with E-state index in [1.165, 1.54) is 25.4 Å². The van der Waals surface area contributed by atoms with Crippen molar-refractivity contribution < 1.29 is 22.7 Å². The maximum atomic E-state index is 13.1. The number of carbonyl (C=O) groups excluding carboxylic acids is 1. The Bertz CT molecular complexity index is 873. The molecule has 0 radical (unpaired) electrons. The van der Waals surface area contributed by atoms with Gasteiger partial charge < -0.3 is 15.4 Å². The molecule has 0 unspecified atom stereocenters. The number of aryl methyl sites for hydroxylation is 1. The Balaban J connectivity index is 1.95. The Hall–Kier alpha value is -2.96. The van der Waals surface area contributed by atoms with Gasteiger partial charge in [0.1, 0.15) is 5.75 Å².